The smallest absolute Gasteiger partial charge is 0.299 e. The van der Waals surface area contributed by atoms with Crippen molar-refractivity contribution in [2.24, 2.45) is 0 Å². The minimum atomic E-state index is -2.71. The van der Waals surface area contributed by atoms with Crippen LogP contribution in [0.1, 0.15) is 37.9 Å². The number of rotatable bonds is 3. The fraction of sp³-hybridized carbons (Fsp3) is 0.583. The summed E-state index contributed by atoms with van der Waals surface area (Å²) in [5, 5.41) is 23.8. The summed E-state index contributed by atoms with van der Waals surface area (Å²) >= 11 is 0. The van der Waals surface area contributed by atoms with E-state index in [1.165, 1.54) is 0 Å². The summed E-state index contributed by atoms with van der Waals surface area (Å²) in [4.78, 5) is 0. The number of nitrogens with zero attached hydrogens (tertiary/aromatic N) is 4. The number of anilines is 1. The molecule has 2 N–H and O–H groups in total. The highest BCUT2D eigenvalue weighted by molar-refractivity contribution is 5.44. The van der Waals surface area contributed by atoms with E-state index in [1.54, 1.807) is 12.1 Å². The summed E-state index contributed by atoms with van der Waals surface area (Å²) in [6, 6.07) is 3.51. The van der Waals surface area contributed by atoms with Crippen molar-refractivity contribution >= 4 is 11.5 Å². The summed E-state index contributed by atoms with van der Waals surface area (Å²) in [5.41, 5.74) is 0.296. The van der Waals surface area contributed by atoms with E-state index in [0.717, 1.165) is 30.2 Å². The molecule has 1 fully saturated rings. The molecule has 0 bridgehead atoms. The molecule has 1 aliphatic rings. The van der Waals surface area contributed by atoms with Crippen LogP contribution in [-0.2, 0) is 0 Å². The number of hydrogen-bond donors (Lipinski definition) is 2. The lowest BCUT2D eigenvalue weighted by Gasteiger charge is -2.26. The van der Waals surface area contributed by atoms with Crippen molar-refractivity contribution in [1.82, 2.24) is 19.8 Å². The van der Waals surface area contributed by atoms with Crippen LogP contribution in [0.3, 0.4) is 0 Å². The standard InChI is InChI=1S/C12H15F2N5O/c13-11(14)12-17-16-10-6-5-9(18-19(10)12)15-7-1-3-8(20)4-2-7/h5-8,11,20H,1-4H2,(H,15,18). The Kier molecular flexibility index (Phi) is 3.47. The third-order valence-corrected chi connectivity index (χ3v) is 3.53. The van der Waals surface area contributed by atoms with E-state index in [-0.39, 0.29) is 12.1 Å². The Labute approximate surface area is 113 Å². The highest BCUT2D eigenvalue weighted by Gasteiger charge is 2.21. The molecule has 8 heteroatoms. The van der Waals surface area contributed by atoms with Gasteiger partial charge in [0.2, 0.25) is 5.82 Å². The molecule has 0 unspecified atom stereocenters. The van der Waals surface area contributed by atoms with Gasteiger partial charge in [-0.2, -0.15) is 4.52 Å². The minimum absolute atomic E-state index is 0.204. The molecule has 2 aromatic rings. The number of aliphatic hydroxyl groups is 1. The molecule has 0 aliphatic heterocycles. The SMILES string of the molecule is OC1CCC(Nc2ccc3nnc(C(F)F)n3n2)CC1. The Balaban J connectivity index is 1.80. The molecule has 2 aromatic heterocycles. The zero-order valence-corrected chi connectivity index (χ0v) is 10.7. The lowest BCUT2D eigenvalue weighted by molar-refractivity contribution is 0.126. The van der Waals surface area contributed by atoms with E-state index < -0.39 is 12.2 Å². The second-order valence-corrected chi connectivity index (χ2v) is 5.00. The maximum absolute atomic E-state index is 12.8. The Morgan fingerprint density at radius 3 is 2.65 bits per heavy atom. The van der Waals surface area contributed by atoms with Crippen LogP contribution in [0.2, 0.25) is 0 Å². The molecule has 1 saturated carbocycles. The first kappa shape index (κ1) is 13.2. The summed E-state index contributed by atoms with van der Waals surface area (Å²) < 4.78 is 26.6. The fourth-order valence-corrected chi connectivity index (χ4v) is 2.45. The summed E-state index contributed by atoms with van der Waals surface area (Å²) in [6.07, 6.45) is 0.225. The lowest BCUT2D eigenvalue weighted by Crippen LogP contribution is -2.28. The van der Waals surface area contributed by atoms with Gasteiger partial charge in [-0.3, -0.25) is 0 Å². The topological polar surface area (TPSA) is 75.3 Å². The molecule has 0 spiro atoms. The van der Waals surface area contributed by atoms with Crippen LogP contribution in [0.15, 0.2) is 12.1 Å². The number of fused-ring (bicyclic) bond motifs is 1. The Bertz CT molecular complexity index is 595. The van der Waals surface area contributed by atoms with Gasteiger partial charge in [0.1, 0.15) is 5.82 Å². The maximum Gasteiger partial charge on any atom is 0.299 e. The molecule has 0 radical (unpaired) electrons. The van der Waals surface area contributed by atoms with Gasteiger partial charge in [0, 0.05) is 6.04 Å². The first-order chi connectivity index (χ1) is 9.63. The van der Waals surface area contributed by atoms with Crippen LogP contribution in [0.5, 0.6) is 0 Å². The molecule has 108 valence electrons. The van der Waals surface area contributed by atoms with Gasteiger partial charge in [-0.15, -0.1) is 15.3 Å². The minimum Gasteiger partial charge on any atom is -0.393 e. The monoisotopic (exact) mass is 283 g/mol. The molecule has 0 aromatic carbocycles. The number of nitrogens with one attached hydrogen (secondary N) is 1. The summed E-state index contributed by atoms with van der Waals surface area (Å²) in [7, 11) is 0. The lowest BCUT2D eigenvalue weighted by atomic mass is 9.93. The van der Waals surface area contributed by atoms with Crippen molar-refractivity contribution in [2.45, 2.75) is 44.3 Å². The van der Waals surface area contributed by atoms with Crippen LogP contribution < -0.4 is 5.32 Å². The number of halogens is 2. The van der Waals surface area contributed by atoms with Crippen LogP contribution in [0, 0.1) is 0 Å². The van der Waals surface area contributed by atoms with Gasteiger partial charge in [-0.1, -0.05) is 0 Å². The van der Waals surface area contributed by atoms with E-state index in [1.807, 2.05) is 0 Å². The van der Waals surface area contributed by atoms with Crippen molar-refractivity contribution in [3.8, 4) is 0 Å². The maximum atomic E-state index is 12.8. The predicted octanol–water partition coefficient (Wildman–Crippen LogP) is 1.78. The van der Waals surface area contributed by atoms with Crippen LogP contribution >= 0.6 is 0 Å². The first-order valence-electron chi connectivity index (χ1n) is 6.58. The fourth-order valence-electron chi connectivity index (χ4n) is 2.45. The van der Waals surface area contributed by atoms with Crippen molar-refractivity contribution in [3.63, 3.8) is 0 Å². The largest absolute Gasteiger partial charge is 0.393 e. The number of aliphatic hydroxyl groups excluding tert-OH is 1. The van der Waals surface area contributed by atoms with Gasteiger partial charge in [0.05, 0.1) is 6.10 Å². The molecule has 6 nitrogen and oxygen atoms in total. The summed E-state index contributed by atoms with van der Waals surface area (Å²) in [5.74, 6) is 0.0586. The van der Waals surface area contributed by atoms with Crippen LogP contribution in [-0.4, -0.2) is 37.1 Å². The third-order valence-electron chi connectivity index (χ3n) is 3.53. The second kappa shape index (κ2) is 5.28. The van der Waals surface area contributed by atoms with Crippen molar-refractivity contribution in [1.29, 1.82) is 0 Å². The van der Waals surface area contributed by atoms with Gasteiger partial charge >= 0.3 is 0 Å². The zero-order chi connectivity index (χ0) is 14.1. The molecule has 1 aliphatic carbocycles. The first-order valence-corrected chi connectivity index (χ1v) is 6.58. The molecule has 0 saturated heterocycles. The van der Waals surface area contributed by atoms with Gasteiger partial charge in [0.15, 0.2) is 5.65 Å². The second-order valence-electron chi connectivity index (χ2n) is 5.00. The quantitative estimate of drug-likeness (QED) is 0.898. The van der Waals surface area contributed by atoms with E-state index in [2.05, 4.69) is 20.6 Å². The van der Waals surface area contributed by atoms with E-state index in [4.69, 9.17) is 0 Å². The molecule has 2 heterocycles. The van der Waals surface area contributed by atoms with Gasteiger partial charge in [-0.05, 0) is 37.8 Å². The molecular weight excluding hydrogens is 268 g/mol. The van der Waals surface area contributed by atoms with E-state index in [9.17, 15) is 13.9 Å². The number of alkyl halides is 2. The van der Waals surface area contributed by atoms with E-state index >= 15 is 0 Å². The normalized spacial score (nSPS) is 23.4. The van der Waals surface area contributed by atoms with Crippen LogP contribution in [0.25, 0.3) is 5.65 Å². The number of hydrogen-bond acceptors (Lipinski definition) is 5. The molecule has 0 atom stereocenters. The zero-order valence-electron chi connectivity index (χ0n) is 10.7. The van der Waals surface area contributed by atoms with Gasteiger partial charge in [0.25, 0.3) is 6.43 Å². The van der Waals surface area contributed by atoms with Crippen molar-refractivity contribution < 1.29 is 13.9 Å². The third kappa shape index (κ3) is 2.55. The molecule has 3 rings (SSSR count). The van der Waals surface area contributed by atoms with Crippen molar-refractivity contribution in [3.05, 3.63) is 18.0 Å². The van der Waals surface area contributed by atoms with Crippen molar-refractivity contribution in [2.75, 3.05) is 5.32 Å². The number of aromatic nitrogens is 4. The Hall–Kier alpha value is -1.83. The van der Waals surface area contributed by atoms with E-state index in [0.29, 0.717) is 11.5 Å². The Morgan fingerprint density at radius 2 is 1.95 bits per heavy atom. The highest BCUT2D eigenvalue weighted by atomic mass is 19.3. The molecular formula is C12H15F2N5O. The molecule has 20 heavy (non-hydrogen) atoms. The predicted molar refractivity (Wildman–Crippen MR) is 67.6 cm³/mol. The Morgan fingerprint density at radius 1 is 1.20 bits per heavy atom. The van der Waals surface area contributed by atoms with Crippen LogP contribution in [0.4, 0.5) is 14.6 Å². The molecule has 0 amide bonds. The van der Waals surface area contributed by atoms with Gasteiger partial charge < -0.3 is 10.4 Å². The highest BCUT2D eigenvalue weighted by Crippen LogP contribution is 2.22. The average Bonchev–Trinajstić information content (AvgIpc) is 2.84. The van der Waals surface area contributed by atoms with Gasteiger partial charge in [-0.25, -0.2) is 8.78 Å². The summed E-state index contributed by atoms with van der Waals surface area (Å²) in [6.45, 7) is 0. The average molecular weight is 283 g/mol.